The van der Waals surface area contributed by atoms with E-state index in [1.54, 1.807) is 7.11 Å². The van der Waals surface area contributed by atoms with Crippen molar-refractivity contribution in [1.82, 2.24) is 4.90 Å². The van der Waals surface area contributed by atoms with Crippen molar-refractivity contribution in [1.29, 1.82) is 0 Å². The second-order valence-electron chi connectivity index (χ2n) is 8.03. The summed E-state index contributed by atoms with van der Waals surface area (Å²) in [6, 6.07) is 16.2. The molecule has 1 aliphatic heterocycles. The maximum absolute atomic E-state index is 13.1. The van der Waals surface area contributed by atoms with Gasteiger partial charge in [-0.05, 0) is 43.0 Å². The quantitative estimate of drug-likeness (QED) is 0.705. The van der Waals surface area contributed by atoms with Gasteiger partial charge in [-0.1, -0.05) is 53.5 Å². The maximum Gasteiger partial charge on any atom is 0.226 e. The average Bonchev–Trinajstić information content (AvgIpc) is 3.15. The molecule has 1 amide bonds. The Hall–Kier alpha value is -2.82. The first kappa shape index (κ1) is 19.5. The van der Waals surface area contributed by atoms with E-state index < -0.39 is 0 Å². The fraction of sp³-hybridized carbons (Fsp3) is 0.417. The van der Waals surface area contributed by atoms with E-state index in [9.17, 15) is 4.79 Å². The lowest BCUT2D eigenvalue weighted by Crippen LogP contribution is -2.42. The minimum absolute atomic E-state index is 0.110. The third-order valence-electron chi connectivity index (χ3n) is 5.82. The van der Waals surface area contributed by atoms with Gasteiger partial charge in [-0.2, -0.15) is 0 Å². The van der Waals surface area contributed by atoms with Gasteiger partial charge in [-0.3, -0.25) is 4.79 Å². The van der Waals surface area contributed by atoms with E-state index in [2.05, 4.69) is 36.3 Å². The summed E-state index contributed by atoms with van der Waals surface area (Å²) in [5, 5.41) is 4.30. The van der Waals surface area contributed by atoms with Gasteiger partial charge in [0.15, 0.2) is 6.10 Å². The molecule has 2 aliphatic rings. The number of amides is 1. The van der Waals surface area contributed by atoms with Gasteiger partial charge >= 0.3 is 0 Å². The summed E-state index contributed by atoms with van der Waals surface area (Å²) in [7, 11) is 1.66. The number of hydrogen-bond donors (Lipinski definition) is 0. The molecule has 152 valence electrons. The monoisotopic (exact) mass is 392 g/mol. The van der Waals surface area contributed by atoms with Gasteiger partial charge in [0, 0.05) is 18.9 Å². The second kappa shape index (κ2) is 8.68. The smallest absolute Gasteiger partial charge is 0.226 e. The van der Waals surface area contributed by atoms with Crippen molar-refractivity contribution in [3.05, 3.63) is 65.2 Å². The molecule has 2 aromatic rings. The lowest BCUT2D eigenvalue weighted by Gasteiger charge is -2.32. The van der Waals surface area contributed by atoms with Crippen molar-refractivity contribution in [2.75, 3.05) is 13.7 Å². The van der Waals surface area contributed by atoms with Crippen LogP contribution in [0.2, 0.25) is 0 Å². The molecule has 0 bridgehead atoms. The summed E-state index contributed by atoms with van der Waals surface area (Å²) < 4.78 is 5.34. The van der Waals surface area contributed by atoms with E-state index in [1.165, 1.54) is 5.56 Å². The lowest BCUT2D eigenvalue weighted by atomic mass is 9.84. The summed E-state index contributed by atoms with van der Waals surface area (Å²) >= 11 is 0. The molecule has 0 unspecified atom stereocenters. The van der Waals surface area contributed by atoms with Crippen LogP contribution < -0.4 is 4.74 Å². The third kappa shape index (κ3) is 4.61. The Bertz CT molecular complexity index is 887. The summed E-state index contributed by atoms with van der Waals surface area (Å²) in [6.45, 7) is 3.18. The van der Waals surface area contributed by atoms with Crippen LogP contribution in [0, 0.1) is 12.8 Å². The van der Waals surface area contributed by atoms with Crippen molar-refractivity contribution in [3.63, 3.8) is 0 Å². The predicted octanol–water partition coefficient (Wildman–Crippen LogP) is 4.33. The zero-order valence-electron chi connectivity index (χ0n) is 17.1. The van der Waals surface area contributed by atoms with E-state index in [1.807, 2.05) is 29.2 Å². The van der Waals surface area contributed by atoms with Gasteiger partial charge in [-0.25, -0.2) is 0 Å². The fourth-order valence-corrected chi connectivity index (χ4v) is 3.83. The lowest BCUT2D eigenvalue weighted by molar-refractivity contribution is -0.140. The molecule has 0 N–H and O–H groups in total. The highest BCUT2D eigenvalue weighted by atomic mass is 16.6. The first-order chi connectivity index (χ1) is 14.1. The first-order valence-corrected chi connectivity index (χ1v) is 10.3. The molecule has 0 saturated heterocycles. The van der Waals surface area contributed by atoms with Crippen LogP contribution in [-0.2, 0) is 16.2 Å². The number of rotatable bonds is 7. The maximum atomic E-state index is 13.1. The Morgan fingerprint density at radius 3 is 2.69 bits per heavy atom. The van der Waals surface area contributed by atoms with Crippen LogP contribution in [0.15, 0.2) is 53.7 Å². The Morgan fingerprint density at radius 2 is 2.00 bits per heavy atom. The molecular formula is C24H28N2O3. The Labute approximate surface area is 172 Å². The van der Waals surface area contributed by atoms with E-state index in [4.69, 9.17) is 9.57 Å². The van der Waals surface area contributed by atoms with Crippen LogP contribution in [-0.4, -0.2) is 36.3 Å². The van der Waals surface area contributed by atoms with Crippen LogP contribution in [0.3, 0.4) is 0 Å². The number of aryl methyl sites for hydroxylation is 1. The molecular weight excluding hydrogens is 364 g/mol. The number of carbonyl (C=O) groups is 1. The normalized spacial score (nSPS) is 18.6. The predicted molar refractivity (Wildman–Crippen MR) is 113 cm³/mol. The highest BCUT2D eigenvalue weighted by Crippen LogP contribution is 2.30. The van der Waals surface area contributed by atoms with E-state index in [0.717, 1.165) is 48.3 Å². The number of benzene rings is 2. The van der Waals surface area contributed by atoms with Crippen molar-refractivity contribution < 1.29 is 14.4 Å². The van der Waals surface area contributed by atoms with E-state index in [0.29, 0.717) is 13.1 Å². The van der Waals surface area contributed by atoms with Crippen LogP contribution in [0.1, 0.15) is 42.4 Å². The topological polar surface area (TPSA) is 51.1 Å². The minimum Gasteiger partial charge on any atom is -0.497 e. The van der Waals surface area contributed by atoms with Crippen molar-refractivity contribution in [2.45, 2.75) is 45.3 Å². The van der Waals surface area contributed by atoms with E-state index >= 15 is 0 Å². The number of methoxy groups -OCH3 is 1. The van der Waals surface area contributed by atoms with Gasteiger partial charge in [0.25, 0.3) is 0 Å². The van der Waals surface area contributed by atoms with Crippen LogP contribution in [0.25, 0.3) is 0 Å². The zero-order chi connectivity index (χ0) is 20.2. The highest BCUT2D eigenvalue weighted by Gasteiger charge is 2.33. The van der Waals surface area contributed by atoms with Crippen LogP contribution in [0.4, 0.5) is 0 Å². The number of hydrogen-bond acceptors (Lipinski definition) is 4. The zero-order valence-corrected chi connectivity index (χ0v) is 17.1. The molecule has 1 heterocycles. The minimum atomic E-state index is -0.110. The first-order valence-electron chi connectivity index (χ1n) is 10.3. The third-order valence-corrected chi connectivity index (χ3v) is 5.82. The van der Waals surface area contributed by atoms with Gasteiger partial charge in [0.1, 0.15) is 5.75 Å². The molecule has 5 nitrogen and oxygen atoms in total. The SMILES string of the molecule is COc1cccc(CN(C[C@H]2CC(c3ccc(C)cc3)=NO2)C(=O)C2CCC2)c1. The molecule has 29 heavy (non-hydrogen) atoms. The van der Waals surface area contributed by atoms with Gasteiger partial charge in [0.05, 0.1) is 19.4 Å². The summed E-state index contributed by atoms with van der Waals surface area (Å²) in [4.78, 5) is 20.7. The number of ether oxygens (including phenoxy) is 1. The summed E-state index contributed by atoms with van der Waals surface area (Å²) in [5.74, 6) is 1.19. The Morgan fingerprint density at radius 1 is 1.21 bits per heavy atom. The number of oxime groups is 1. The average molecular weight is 392 g/mol. The molecule has 1 atom stereocenters. The van der Waals surface area contributed by atoms with Crippen molar-refractivity contribution >= 4 is 11.6 Å². The Kier molecular flexibility index (Phi) is 5.84. The molecule has 0 aromatic heterocycles. The Balaban J connectivity index is 1.44. The molecule has 2 aromatic carbocycles. The standard InChI is InChI=1S/C24H28N2O3/c1-17-9-11-19(12-10-17)23-14-22(29-25-23)16-26(24(27)20-6-4-7-20)15-18-5-3-8-21(13-18)28-2/h3,5,8-13,20,22H,4,6-7,14-16H2,1-2H3/t22-/m1/s1. The molecule has 1 fully saturated rings. The number of nitrogens with zero attached hydrogens (tertiary/aromatic N) is 2. The summed E-state index contributed by atoms with van der Waals surface area (Å²) in [6.07, 6.45) is 3.73. The van der Waals surface area contributed by atoms with Crippen LogP contribution >= 0.6 is 0 Å². The van der Waals surface area contributed by atoms with Gasteiger partial charge in [0.2, 0.25) is 5.91 Å². The molecule has 1 saturated carbocycles. The molecule has 5 heteroatoms. The largest absolute Gasteiger partial charge is 0.497 e. The molecule has 0 radical (unpaired) electrons. The van der Waals surface area contributed by atoms with Crippen molar-refractivity contribution in [3.8, 4) is 5.75 Å². The van der Waals surface area contributed by atoms with Crippen molar-refractivity contribution in [2.24, 2.45) is 11.1 Å². The fourth-order valence-electron chi connectivity index (χ4n) is 3.83. The van der Waals surface area contributed by atoms with Gasteiger partial charge in [-0.15, -0.1) is 0 Å². The number of carbonyl (C=O) groups excluding carboxylic acids is 1. The van der Waals surface area contributed by atoms with Gasteiger partial charge < -0.3 is 14.5 Å². The second-order valence-corrected chi connectivity index (χ2v) is 8.03. The van der Waals surface area contributed by atoms with Crippen LogP contribution in [0.5, 0.6) is 5.75 Å². The molecule has 0 spiro atoms. The molecule has 1 aliphatic carbocycles. The molecule has 4 rings (SSSR count). The summed E-state index contributed by atoms with van der Waals surface area (Å²) in [5.41, 5.74) is 4.32. The van der Waals surface area contributed by atoms with E-state index in [-0.39, 0.29) is 17.9 Å². The highest BCUT2D eigenvalue weighted by molar-refractivity contribution is 6.01.